The predicted molar refractivity (Wildman–Crippen MR) is 147 cm³/mol. The van der Waals surface area contributed by atoms with Gasteiger partial charge in [-0.3, -0.25) is 0 Å². The van der Waals surface area contributed by atoms with E-state index in [-0.39, 0.29) is 5.41 Å². The summed E-state index contributed by atoms with van der Waals surface area (Å²) in [7, 11) is 3.69. The lowest BCUT2D eigenvalue weighted by atomic mass is 9.86. The number of rotatable bonds is 5. The number of anilines is 3. The summed E-state index contributed by atoms with van der Waals surface area (Å²) in [5.74, 6) is 2.96. The number of fused-ring (bicyclic) bond motifs is 1. The van der Waals surface area contributed by atoms with E-state index in [0.717, 1.165) is 54.7 Å². The van der Waals surface area contributed by atoms with Crippen LogP contribution in [0.25, 0.3) is 11.2 Å². The van der Waals surface area contributed by atoms with Crippen LogP contribution in [0.1, 0.15) is 56.2 Å². The predicted octanol–water partition coefficient (Wildman–Crippen LogP) is 6.11. The first-order valence-corrected chi connectivity index (χ1v) is 12.7. The summed E-state index contributed by atoms with van der Waals surface area (Å²) in [6.07, 6.45) is 3.93. The fourth-order valence-electron chi connectivity index (χ4n) is 4.91. The van der Waals surface area contributed by atoms with Crippen LogP contribution in [-0.4, -0.2) is 39.7 Å². The summed E-state index contributed by atoms with van der Waals surface area (Å²) in [5.41, 5.74) is 6.59. The highest BCUT2D eigenvalue weighted by Gasteiger charge is 2.24. The molecule has 0 unspecified atom stereocenters. The molecule has 36 heavy (non-hydrogen) atoms. The van der Waals surface area contributed by atoms with Crippen LogP contribution in [0.15, 0.2) is 48.8 Å². The monoisotopic (exact) mass is 484 g/mol. The third kappa shape index (κ3) is 4.74. The first-order valence-electron chi connectivity index (χ1n) is 12.7. The molecule has 1 aliphatic rings. The SMILES string of the molecule is COc1ccc(C2CCN(c3nc(Nc4cc(C(C)(C)C)ccc4C)c4c(ncn4C)n3)CC2)cc1. The summed E-state index contributed by atoms with van der Waals surface area (Å²) in [6, 6.07) is 15.1. The van der Waals surface area contributed by atoms with Gasteiger partial charge in [-0.1, -0.05) is 45.0 Å². The second-order valence-electron chi connectivity index (χ2n) is 10.8. The first kappa shape index (κ1) is 24.1. The molecule has 5 rings (SSSR count). The van der Waals surface area contributed by atoms with E-state index in [4.69, 9.17) is 14.7 Å². The average molecular weight is 485 g/mol. The van der Waals surface area contributed by atoms with Crippen LogP contribution in [0.4, 0.5) is 17.5 Å². The zero-order valence-corrected chi connectivity index (χ0v) is 22.2. The van der Waals surface area contributed by atoms with Gasteiger partial charge in [0, 0.05) is 25.8 Å². The summed E-state index contributed by atoms with van der Waals surface area (Å²) in [4.78, 5) is 16.7. The van der Waals surface area contributed by atoms with Crippen molar-refractivity contribution in [1.82, 2.24) is 19.5 Å². The molecule has 7 nitrogen and oxygen atoms in total. The van der Waals surface area contributed by atoms with Crippen LogP contribution in [0.5, 0.6) is 5.75 Å². The third-order valence-electron chi connectivity index (χ3n) is 7.28. The molecule has 7 heteroatoms. The molecule has 1 aliphatic heterocycles. The molecule has 0 bridgehead atoms. The van der Waals surface area contributed by atoms with Crippen molar-refractivity contribution >= 4 is 28.6 Å². The maximum absolute atomic E-state index is 5.31. The van der Waals surface area contributed by atoms with Crippen molar-refractivity contribution in [2.45, 2.75) is 51.9 Å². The van der Waals surface area contributed by atoms with Crippen molar-refractivity contribution in [3.8, 4) is 5.75 Å². The van der Waals surface area contributed by atoms with E-state index in [0.29, 0.717) is 11.6 Å². The minimum Gasteiger partial charge on any atom is -0.497 e. The van der Waals surface area contributed by atoms with E-state index >= 15 is 0 Å². The van der Waals surface area contributed by atoms with Crippen LogP contribution >= 0.6 is 0 Å². The van der Waals surface area contributed by atoms with Crippen LogP contribution in [0.3, 0.4) is 0 Å². The van der Waals surface area contributed by atoms with Gasteiger partial charge in [-0.25, -0.2) is 4.98 Å². The maximum atomic E-state index is 5.31. The van der Waals surface area contributed by atoms with E-state index in [1.807, 2.05) is 17.9 Å². The lowest BCUT2D eigenvalue weighted by molar-refractivity contribution is 0.414. The van der Waals surface area contributed by atoms with Gasteiger partial charge in [-0.2, -0.15) is 9.97 Å². The van der Waals surface area contributed by atoms with Gasteiger partial charge >= 0.3 is 0 Å². The number of piperidine rings is 1. The fourth-order valence-corrected chi connectivity index (χ4v) is 4.91. The Morgan fingerprint density at radius 3 is 2.39 bits per heavy atom. The number of aryl methyl sites for hydroxylation is 2. The van der Waals surface area contributed by atoms with E-state index in [1.54, 1.807) is 7.11 Å². The molecule has 0 spiro atoms. The van der Waals surface area contributed by atoms with Gasteiger partial charge in [-0.05, 0) is 66.0 Å². The number of aromatic nitrogens is 4. The minimum absolute atomic E-state index is 0.0665. The topological polar surface area (TPSA) is 68.1 Å². The van der Waals surface area contributed by atoms with Crippen LogP contribution in [-0.2, 0) is 12.5 Å². The number of hydrogen-bond acceptors (Lipinski definition) is 6. The van der Waals surface area contributed by atoms with Gasteiger partial charge in [0.1, 0.15) is 11.3 Å². The second kappa shape index (κ2) is 9.45. The summed E-state index contributed by atoms with van der Waals surface area (Å²) in [5, 5.41) is 3.63. The van der Waals surface area contributed by atoms with Gasteiger partial charge in [0.05, 0.1) is 13.4 Å². The molecule has 1 saturated heterocycles. The van der Waals surface area contributed by atoms with Gasteiger partial charge in [0.15, 0.2) is 11.5 Å². The van der Waals surface area contributed by atoms with Crippen molar-refractivity contribution in [3.05, 3.63) is 65.5 Å². The smallest absolute Gasteiger partial charge is 0.229 e. The quantitative estimate of drug-likeness (QED) is 0.369. The molecule has 188 valence electrons. The summed E-state index contributed by atoms with van der Waals surface area (Å²) < 4.78 is 7.30. The Labute approximate surface area is 213 Å². The number of nitrogens with one attached hydrogen (secondary N) is 1. The van der Waals surface area contributed by atoms with Crippen molar-refractivity contribution in [1.29, 1.82) is 0 Å². The van der Waals surface area contributed by atoms with E-state index < -0.39 is 0 Å². The molecule has 1 fully saturated rings. The lowest BCUT2D eigenvalue weighted by Crippen LogP contribution is -2.34. The van der Waals surface area contributed by atoms with Gasteiger partial charge in [0.2, 0.25) is 5.95 Å². The molecule has 0 atom stereocenters. The van der Waals surface area contributed by atoms with E-state index in [9.17, 15) is 0 Å². The van der Waals surface area contributed by atoms with Crippen molar-refractivity contribution < 1.29 is 4.74 Å². The van der Waals surface area contributed by atoms with Gasteiger partial charge in [-0.15, -0.1) is 0 Å². The molecule has 4 aromatic rings. The number of ether oxygens (including phenoxy) is 1. The number of methoxy groups -OCH3 is 1. The Morgan fingerprint density at radius 2 is 1.72 bits per heavy atom. The number of benzene rings is 2. The Kier molecular flexibility index (Phi) is 6.33. The highest BCUT2D eigenvalue weighted by atomic mass is 16.5. The second-order valence-corrected chi connectivity index (χ2v) is 10.8. The molecule has 0 saturated carbocycles. The number of imidazole rings is 1. The molecule has 3 heterocycles. The zero-order valence-electron chi connectivity index (χ0n) is 22.2. The van der Waals surface area contributed by atoms with E-state index in [1.165, 1.54) is 16.7 Å². The van der Waals surface area contributed by atoms with Gasteiger partial charge in [0.25, 0.3) is 0 Å². The Morgan fingerprint density at radius 1 is 1.00 bits per heavy atom. The normalized spacial score (nSPS) is 14.9. The highest BCUT2D eigenvalue weighted by Crippen LogP contribution is 2.34. The maximum Gasteiger partial charge on any atom is 0.229 e. The van der Waals surface area contributed by atoms with Gasteiger partial charge < -0.3 is 19.5 Å². The Balaban J connectivity index is 1.42. The first-order chi connectivity index (χ1) is 17.2. The molecule has 2 aromatic carbocycles. The molecule has 0 amide bonds. The molecular weight excluding hydrogens is 448 g/mol. The zero-order chi connectivity index (χ0) is 25.4. The number of hydrogen-bond donors (Lipinski definition) is 1. The lowest BCUT2D eigenvalue weighted by Gasteiger charge is -2.32. The standard InChI is InChI=1S/C29H36N6O/c1-19-7-10-22(29(2,3)4)17-24(19)31-27-25-26(30-18-34(25)5)32-28(33-27)35-15-13-21(14-16-35)20-8-11-23(36-6)12-9-20/h7-12,17-18,21H,13-16H2,1-6H3,(H,31,32,33). The highest BCUT2D eigenvalue weighted by molar-refractivity contribution is 5.87. The van der Waals surface area contributed by atoms with Crippen LogP contribution < -0.4 is 15.0 Å². The van der Waals surface area contributed by atoms with E-state index in [2.05, 4.69) is 85.4 Å². The molecule has 0 aliphatic carbocycles. The number of nitrogens with zero attached hydrogens (tertiary/aromatic N) is 5. The van der Waals surface area contributed by atoms with Crippen LogP contribution in [0.2, 0.25) is 0 Å². The largest absolute Gasteiger partial charge is 0.497 e. The van der Waals surface area contributed by atoms with Crippen molar-refractivity contribution in [3.63, 3.8) is 0 Å². The molecule has 2 aromatic heterocycles. The molecular formula is C29H36N6O. The minimum atomic E-state index is 0.0665. The fraction of sp³-hybridized carbons (Fsp3) is 0.414. The van der Waals surface area contributed by atoms with Crippen molar-refractivity contribution in [2.24, 2.45) is 7.05 Å². The summed E-state index contributed by atoms with van der Waals surface area (Å²) >= 11 is 0. The Bertz CT molecular complexity index is 1360. The average Bonchev–Trinajstić information content (AvgIpc) is 3.25. The summed E-state index contributed by atoms with van der Waals surface area (Å²) in [6.45, 7) is 10.7. The third-order valence-corrected chi connectivity index (χ3v) is 7.28. The van der Waals surface area contributed by atoms with Crippen molar-refractivity contribution in [2.75, 3.05) is 30.4 Å². The Hall–Kier alpha value is -3.61. The molecule has 1 N–H and O–H groups in total. The molecule has 0 radical (unpaired) electrons. The van der Waals surface area contributed by atoms with Crippen LogP contribution in [0, 0.1) is 6.92 Å².